The van der Waals surface area contributed by atoms with Crippen LogP contribution in [-0.4, -0.2) is 31.5 Å². The molecule has 2 heterocycles. The molecule has 1 aromatic carbocycles. The highest BCUT2D eigenvalue weighted by Gasteiger charge is 2.41. The number of hydrogen-bond donors (Lipinski definition) is 0. The first-order valence-electron chi connectivity index (χ1n) is 6.50. The van der Waals surface area contributed by atoms with E-state index in [1.807, 2.05) is 0 Å². The van der Waals surface area contributed by atoms with E-state index in [0.29, 0.717) is 19.0 Å². The Morgan fingerprint density at radius 3 is 3.00 bits per heavy atom. The van der Waals surface area contributed by atoms with E-state index in [-0.39, 0.29) is 16.7 Å². The molecule has 0 aromatic heterocycles. The van der Waals surface area contributed by atoms with Gasteiger partial charge in [0.1, 0.15) is 17.7 Å². The van der Waals surface area contributed by atoms with Crippen molar-refractivity contribution >= 4 is 11.6 Å². The first kappa shape index (κ1) is 13.2. The molecule has 3 rings (SSSR count). The third kappa shape index (κ3) is 2.86. The van der Waals surface area contributed by atoms with Crippen molar-refractivity contribution < 1.29 is 18.6 Å². The minimum absolute atomic E-state index is 0.0380. The SMILES string of the molecule is Fc1cc(OC2CCOC3(CCOC3)C2)ccc1Cl. The van der Waals surface area contributed by atoms with Gasteiger partial charge in [-0.15, -0.1) is 0 Å². The number of benzene rings is 1. The molecule has 5 heteroatoms. The van der Waals surface area contributed by atoms with Crippen molar-refractivity contribution in [3.8, 4) is 5.75 Å². The molecule has 19 heavy (non-hydrogen) atoms. The van der Waals surface area contributed by atoms with Crippen molar-refractivity contribution in [2.45, 2.75) is 31.0 Å². The third-order valence-corrected chi connectivity index (χ3v) is 4.02. The lowest BCUT2D eigenvalue weighted by Gasteiger charge is -2.37. The fraction of sp³-hybridized carbons (Fsp3) is 0.571. The van der Waals surface area contributed by atoms with Gasteiger partial charge in [0.25, 0.3) is 0 Å². The smallest absolute Gasteiger partial charge is 0.145 e. The Hall–Kier alpha value is -0.840. The van der Waals surface area contributed by atoms with Crippen LogP contribution >= 0.6 is 11.6 Å². The summed E-state index contributed by atoms with van der Waals surface area (Å²) in [5.74, 6) is 0.0630. The van der Waals surface area contributed by atoms with E-state index < -0.39 is 5.82 Å². The molecule has 0 amide bonds. The highest BCUT2D eigenvalue weighted by Crippen LogP contribution is 2.34. The average Bonchev–Trinajstić information content (AvgIpc) is 2.82. The van der Waals surface area contributed by atoms with Crippen molar-refractivity contribution in [3.63, 3.8) is 0 Å². The lowest BCUT2D eigenvalue weighted by Crippen LogP contribution is -2.44. The summed E-state index contributed by atoms with van der Waals surface area (Å²) in [5.41, 5.74) is -0.201. The van der Waals surface area contributed by atoms with Gasteiger partial charge in [0.2, 0.25) is 0 Å². The summed E-state index contributed by atoms with van der Waals surface area (Å²) in [4.78, 5) is 0. The van der Waals surface area contributed by atoms with Crippen molar-refractivity contribution in [2.75, 3.05) is 19.8 Å². The Morgan fingerprint density at radius 2 is 2.26 bits per heavy atom. The molecule has 0 aliphatic carbocycles. The van der Waals surface area contributed by atoms with Gasteiger partial charge in [0.05, 0.1) is 23.8 Å². The first-order valence-corrected chi connectivity index (χ1v) is 6.88. The number of halogens is 2. The summed E-state index contributed by atoms with van der Waals surface area (Å²) in [6, 6.07) is 4.54. The maximum absolute atomic E-state index is 13.4. The molecule has 0 N–H and O–H groups in total. The zero-order valence-electron chi connectivity index (χ0n) is 10.5. The molecule has 2 aliphatic rings. The van der Waals surface area contributed by atoms with Crippen molar-refractivity contribution in [1.82, 2.24) is 0 Å². The monoisotopic (exact) mass is 286 g/mol. The third-order valence-electron chi connectivity index (χ3n) is 3.71. The van der Waals surface area contributed by atoms with Gasteiger partial charge in [0, 0.05) is 31.9 Å². The zero-order valence-corrected chi connectivity index (χ0v) is 11.3. The second kappa shape index (κ2) is 5.27. The van der Waals surface area contributed by atoms with Gasteiger partial charge >= 0.3 is 0 Å². The van der Waals surface area contributed by atoms with Gasteiger partial charge < -0.3 is 14.2 Å². The molecule has 0 saturated carbocycles. The fourth-order valence-corrected chi connectivity index (χ4v) is 2.81. The zero-order chi connectivity index (χ0) is 13.3. The average molecular weight is 287 g/mol. The fourth-order valence-electron chi connectivity index (χ4n) is 2.69. The molecule has 0 bridgehead atoms. The quantitative estimate of drug-likeness (QED) is 0.836. The van der Waals surface area contributed by atoms with Crippen LogP contribution < -0.4 is 4.74 Å². The van der Waals surface area contributed by atoms with Gasteiger partial charge in [0.15, 0.2) is 0 Å². The lowest BCUT2D eigenvalue weighted by molar-refractivity contribution is -0.112. The second-order valence-electron chi connectivity index (χ2n) is 5.14. The molecule has 0 radical (unpaired) electrons. The Morgan fingerprint density at radius 1 is 1.37 bits per heavy atom. The molecule has 2 fully saturated rings. The molecule has 2 atom stereocenters. The Bertz CT molecular complexity index is 460. The highest BCUT2D eigenvalue weighted by molar-refractivity contribution is 6.30. The Kier molecular flexibility index (Phi) is 3.65. The number of hydrogen-bond acceptors (Lipinski definition) is 3. The van der Waals surface area contributed by atoms with E-state index in [1.54, 1.807) is 6.07 Å². The summed E-state index contributed by atoms with van der Waals surface area (Å²) in [6.45, 7) is 2.02. The van der Waals surface area contributed by atoms with E-state index in [0.717, 1.165) is 25.9 Å². The van der Waals surface area contributed by atoms with Gasteiger partial charge in [-0.05, 0) is 12.1 Å². The van der Waals surface area contributed by atoms with Crippen LogP contribution in [0.15, 0.2) is 18.2 Å². The van der Waals surface area contributed by atoms with Crippen LogP contribution in [0.2, 0.25) is 5.02 Å². The van der Waals surface area contributed by atoms with Gasteiger partial charge in [-0.2, -0.15) is 0 Å². The second-order valence-corrected chi connectivity index (χ2v) is 5.55. The van der Waals surface area contributed by atoms with Crippen LogP contribution in [0.5, 0.6) is 5.75 Å². The van der Waals surface area contributed by atoms with Crippen LogP contribution in [0, 0.1) is 5.82 Å². The lowest BCUT2D eigenvalue weighted by atomic mass is 9.91. The summed E-state index contributed by atoms with van der Waals surface area (Å²) in [6.07, 6.45) is 2.54. The largest absolute Gasteiger partial charge is 0.490 e. The first-order chi connectivity index (χ1) is 9.17. The van der Waals surface area contributed by atoms with Gasteiger partial charge in [-0.1, -0.05) is 11.6 Å². The van der Waals surface area contributed by atoms with Crippen molar-refractivity contribution in [3.05, 3.63) is 29.0 Å². The molecular weight excluding hydrogens is 271 g/mol. The van der Waals surface area contributed by atoms with Crippen LogP contribution in [-0.2, 0) is 9.47 Å². The summed E-state index contributed by atoms with van der Waals surface area (Å²) in [7, 11) is 0. The van der Waals surface area contributed by atoms with Gasteiger partial charge in [-0.25, -0.2) is 4.39 Å². The van der Waals surface area contributed by atoms with E-state index >= 15 is 0 Å². The van der Waals surface area contributed by atoms with Crippen LogP contribution in [0.3, 0.4) is 0 Å². The summed E-state index contributed by atoms with van der Waals surface area (Å²) >= 11 is 5.65. The maximum atomic E-state index is 13.4. The predicted molar refractivity (Wildman–Crippen MR) is 69.2 cm³/mol. The maximum Gasteiger partial charge on any atom is 0.145 e. The van der Waals surface area contributed by atoms with Crippen molar-refractivity contribution in [2.24, 2.45) is 0 Å². The topological polar surface area (TPSA) is 27.7 Å². The van der Waals surface area contributed by atoms with Crippen LogP contribution in [0.25, 0.3) is 0 Å². The Balaban J connectivity index is 1.67. The van der Waals surface area contributed by atoms with Gasteiger partial charge in [-0.3, -0.25) is 0 Å². The highest BCUT2D eigenvalue weighted by atomic mass is 35.5. The minimum atomic E-state index is -0.454. The van der Waals surface area contributed by atoms with Crippen LogP contribution in [0.4, 0.5) is 4.39 Å². The van der Waals surface area contributed by atoms with Crippen molar-refractivity contribution in [1.29, 1.82) is 0 Å². The Labute approximate surface area is 116 Å². The van der Waals surface area contributed by atoms with E-state index in [1.165, 1.54) is 12.1 Å². The predicted octanol–water partition coefficient (Wildman–Crippen LogP) is 3.20. The van der Waals surface area contributed by atoms with Crippen LogP contribution in [0.1, 0.15) is 19.3 Å². The molecule has 3 nitrogen and oxygen atoms in total. The normalized spacial score (nSPS) is 30.7. The standard InChI is InChI=1S/C14H16ClFO3/c15-12-2-1-10(7-13(12)16)19-11-3-5-18-14(8-11)4-6-17-9-14/h1-2,7,11H,3-6,8-9H2. The number of rotatable bonds is 2. The minimum Gasteiger partial charge on any atom is -0.490 e. The molecule has 2 aliphatic heterocycles. The molecule has 104 valence electrons. The van der Waals surface area contributed by atoms with E-state index in [9.17, 15) is 4.39 Å². The summed E-state index contributed by atoms with van der Waals surface area (Å²) in [5, 5.41) is 0.111. The molecule has 2 saturated heterocycles. The summed E-state index contributed by atoms with van der Waals surface area (Å²) < 4.78 is 30.5. The van der Waals surface area contributed by atoms with E-state index in [4.69, 9.17) is 25.8 Å². The molecular formula is C14H16ClFO3. The van der Waals surface area contributed by atoms with E-state index in [2.05, 4.69) is 0 Å². The molecule has 1 aromatic rings. The molecule has 2 unspecified atom stereocenters. The number of ether oxygens (including phenoxy) is 3. The molecule has 1 spiro atoms.